The van der Waals surface area contributed by atoms with Crippen LogP contribution >= 0.6 is 0 Å². The summed E-state index contributed by atoms with van der Waals surface area (Å²) in [6.07, 6.45) is 1.54. The second-order valence-electron chi connectivity index (χ2n) is 8.53. The van der Waals surface area contributed by atoms with Gasteiger partial charge in [0.1, 0.15) is 5.76 Å². The molecule has 1 saturated heterocycles. The molecule has 36 heavy (non-hydrogen) atoms. The fourth-order valence-electron chi connectivity index (χ4n) is 4.03. The molecule has 2 amide bonds. The Morgan fingerprint density at radius 3 is 2.31 bits per heavy atom. The average molecular weight is 511 g/mol. The van der Waals surface area contributed by atoms with Crippen molar-refractivity contribution < 1.29 is 22.4 Å². The minimum atomic E-state index is -3.15. The fraction of sp³-hybridized carbons (Fsp3) is 0.308. The molecular formula is C26H30N4O5S. The number of hydrogen-bond acceptors (Lipinski definition) is 6. The number of piperazine rings is 1. The molecule has 0 aliphatic carbocycles. The molecule has 9 nitrogen and oxygen atoms in total. The van der Waals surface area contributed by atoms with Crippen LogP contribution in [0.1, 0.15) is 39.0 Å². The fourth-order valence-corrected chi connectivity index (χ4v) is 5.11. The van der Waals surface area contributed by atoms with E-state index in [0.29, 0.717) is 55.3 Å². The van der Waals surface area contributed by atoms with E-state index in [9.17, 15) is 18.0 Å². The number of carbonyl (C=O) groups is 2. The van der Waals surface area contributed by atoms with E-state index in [1.54, 1.807) is 66.0 Å². The lowest BCUT2D eigenvalue weighted by Gasteiger charge is -2.33. The zero-order chi connectivity index (χ0) is 25.5. The lowest BCUT2D eigenvalue weighted by atomic mass is 10.1. The third kappa shape index (κ3) is 6.39. The first-order valence-electron chi connectivity index (χ1n) is 11.9. The Bertz CT molecular complexity index is 1280. The lowest BCUT2D eigenvalue weighted by molar-refractivity contribution is 0.0949. The number of anilines is 1. The number of benzene rings is 2. The number of hydrogen-bond donors (Lipinski definition) is 2. The van der Waals surface area contributed by atoms with E-state index in [1.807, 2.05) is 12.1 Å². The van der Waals surface area contributed by atoms with Gasteiger partial charge in [0.25, 0.3) is 11.8 Å². The summed E-state index contributed by atoms with van der Waals surface area (Å²) in [4.78, 5) is 27.7. The second kappa shape index (κ2) is 11.5. The molecule has 4 rings (SSSR count). The maximum atomic E-state index is 12.9. The summed E-state index contributed by atoms with van der Waals surface area (Å²) in [5, 5.41) is 5.62. The molecule has 0 bridgehead atoms. The summed E-state index contributed by atoms with van der Waals surface area (Å²) in [6.45, 7) is 4.91. The number of rotatable bonds is 9. The highest BCUT2D eigenvalue weighted by molar-refractivity contribution is 7.89. The van der Waals surface area contributed by atoms with Crippen LogP contribution in [0.15, 0.2) is 71.3 Å². The zero-order valence-corrected chi connectivity index (χ0v) is 21.0. The molecule has 2 N–H and O–H groups in total. The van der Waals surface area contributed by atoms with Crippen molar-refractivity contribution in [2.24, 2.45) is 0 Å². The quantitative estimate of drug-likeness (QED) is 0.458. The van der Waals surface area contributed by atoms with E-state index in [1.165, 1.54) is 0 Å². The third-order valence-electron chi connectivity index (χ3n) is 6.13. The van der Waals surface area contributed by atoms with Crippen molar-refractivity contribution in [1.29, 1.82) is 0 Å². The molecule has 0 radical (unpaired) electrons. The van der Waals surface area contributed by atoms with Crippen molar-refractivity contribution in [3.8, 4) is 0 Å². The maximum Gasteiger partial charge on any atom is 0.255 e. The third-order valence-corrected chi connectivity index (χ3v) is 8.02. The predicted molar refractivity (Wildman–Crippen MR) is 137 cm³/mol. The minimum absolute atomic E-state index is 0.122. The van der Waals surface area contributed by atoms with Crippen LogP contribution in [0, 0.1) is 0 Å². The minimum Gasteiger partial charge on any atom is -0.467 e. The van der Waals surface area contributed by atoms with Crippen LogP contribution in [-0.4, -0.2) is 61.4 Å². The Hall–Kier alpha value is -3.47. The SMILES string of the molecule is CCS(=O)(=O)N1CCN(Cc2ccc(C(=O)Nc3ccccc3C(=O)NCc3ccco3)cc2)CC1. The van der Waals surface area contributed by atoms with Crippen LogP contribution in [0.2, 0.25) is 0 Å². The lowest BCUT2D eigenvalue weighted by Crippen LogP contribution is -2.48. The van der Waals surface area contributed by atoms with Gasteiger partial charge in [-0.1, -0.05) is 24.3 Å². The maximum absolute atomic E-state index is 12.9. The molecule has 1 fully saturated rings. The van der Waals surface area contributed by atoms with Crippen molar-refractivity contribution in [2.75, 3.05) is 37.2 Å². The highest BCUT2D eigenvalue weighted by atomic mass is 32.2. The monoisotopic (exact) mass is 510 g/mol. The van der Waals surface area contributed by atoms with Crippen molar-refractivity contribution in [3.05, 3.63) is 89.4 Å². The number of nitrogens with one attached hydrogen (secondary N) is 2. The van der Waals surface area contributed by atoms with Gasteiger partial charge in [0.15, 0.2) is 0 Å². The molecule has 0 saturated carbocycles. The molecular weight excluding hydrogens is 480 g/mol. The number of sulfonamides is 1. The molecule has 1 aliphatic heterocycles. The Morgan fingerprint density at radius 2 is 1.64 bits per heavy atom. The van der Waals surface area contributed by atoms with E-state index < -0.39 is 10.0 Å². The Labute approximate surface area is 211 Å². The normalized spacial score (nSPS) is 14.9. The molecule has 1 aromatic heterocycles. The average Bonchev–Trinajstić information content (AvgIpc) is 3.42. The van der Waals surface area contributed by atoms with Gasteiger partial charge >= 0.3 is 0 Å². The van der Waals surface area contributed by atoms with Crippen LogP contribution in [-0.2, 0) is 23.1 Å². The Kier molecular flexibility index (Phi) is 8.19. The van der Waals surface area contributed by atoms with E-state index in [0.717, 1.165) is 5.56 Å². The van der Waals surface area contributed by atoms with Crippen molar-refractivity contribution >= 4 is 27.5 Å². The van der Waals surface area contributed by atoms with Crippen molar-refractivity contribution in [1.82, 2.24) is 14.5 Å². The molecule has 10 heteroatoms. The van der Waals surface area contributed by atoms with E-state index >= 15 is 0 Å². The summed E-state index contributed by atoms with van der Waals surface area (Å²) in [5.41, 5.74) is 2.29. The first kappa shape index (κ1) is 25.6. The highest BCUT2D eigenvalue weighted by Crippen LogP contribution is 2.18. The van der Waals surface area contributed by atoms with Gasteiger partial charge in [0, 0.05) is 38.3 Å². The van der Waals surface area contributed by atoms with Gasteiger partial charge in [-0.2, -0.15) is 4.31 Å². The van der Waals surface area contributed by atoms with Gasteiger partial charge in [-0.05, 0) is 48.9 Å². The molecule has 0 unspecified atom stereocenters. The van der Waals surface area contributed by atoms with Crippen LogP contribution < -0.4 is 10.6 Å². The molecule has 2 heterocycles. The summed E-state index contributed by atoms with van der Waals surface area (Å²) < 4.78 is 30.9. The standard InChI is InChI=1S/C26H30N4O5S/c1-2-36(33,34)30-15-13-29(14-16-30)19-20-9-11-21(12-10-20)25(31)28-24-8-4-3-7-23(24)26(32)27-18-22-6-5-17-35-22/h3-12,17H,2,13-16,18-19H2,1H3,(H,27,32)(H,28,31). The Morgan fingerprint density at radius 1 is 0.917 bits per heavy atom. The second-order valence-corrected chi connectivity index (χ2v) is 10.8. The molecule has 1 aliphatic rings. The number of amides is 2. The van der Waals surface area contributed by atoms with E-state index in [4.69, 9.17) is 4.42 Å². The van der Waals surface area contributed by atoms with Gasteiger partial charge in [0.2, 0.25) is 10.0 Å². The number of furan rings is 1. The van der Waals surface area contributed by atoms with Gasteiger partial charge in [-0.25, -0.2) is 8.42 Å². The van der Waals surface area contributed by atoms with Crippen molar-refractivity contribution in [3.63, 3.8) is 0 Å². The molecule has 3 aromatic rings. The van der Waals surface area contributed by atoms with Crippen molar-refractivity contribution in [2.45, 2.75) is 20.0 Å². The number of para-hydroxylation sites is 1. The summed E-state index contributed by atoms with van der Waals surface area (Å²) in [7, 11) is -3.15. The van der Waals surface area contributed by atoms with Crippen LogP contribution in [0.25, 0.3) is 0 Å². The first-order chi connectivity index (χ1) is 17.4. The number of nitrogens with zero attached hydrogens (tertiary/aromatic N) is 2. The highest BCUT2D eigenvalue weighted by Gasteiger charge is 2.25. The van der Waals surface area contributed by atoms with E-state index in [2.05, 4.69) is 15.5 Å². The molecule has 2 aromatic carbocycles. The molecule has 0 spiro atoms. The largest absolute Gasteiger partial charge is 0.467 e. The molecule has 0 atom stereocenters. The summed E-state index contributed by atoms with van der Waals surface area (Å²) in [5.74, 6) is 0.130. The van der Waals surface area contributed by atoms with E-state index in [-0.39, 0.29) is 24.1 Å². The first-order valence-corrected chi connectivity index (χ1v) is 13.5. The van der Waals surface area contributed by atoms with Crippen LogP contribution in [0.4, 0.5) is 5.69 Å². The van der Waals surface area contributed by atoms with Crippen LogP contribution in [0.5, 0.6) is 0 Å². The zero-order valence-electron chi connectivity index (χ0n) is 20.1. The summed E-state index contributed by atoms with van der Waals surface area (Å²) >= 11 is 0. The van der Waals surface area contributed by atoms with Gasteiger partial charge in [-0.15, -0.1) is 0 Å². The van der Waals surface area contributed by atoms with Gasteiger partial charge in [-0.3, -0.25) is 14.5 Å². The van der Waals surface area contributed by atoms with Gasteiger partial charge < -0.3 is 15.1 Å². The topological polar surface area (TPSA) is 112 Å². The summed E-state index contributed by atoms with van der Waals surface area (Å²) in [6, 6.07) is 17.7. The molecule has 190 valence electrons. The Balaban J connectivity index is 1.33. The van der Waals surface area contributed by atoms with Crippen LogP contribution in [0.3, 0.4) is 0 Å². The van der Waals surface area contributed by atoms with Gasteiger partial charge in [0.05, 0.1) is 29.8 Å². The number of carbonyl (C=O) groups excluding carboxylic acids is 2. The smallest absolute Gasteiger partial charge is 0.255 e. The predicted octanol–water partition coefficient (Wildman–Crippen LogP) is 2.93.